The average Bonchev–Trinajstić information content (AvgIpc) is 3.08. The molecule has 4 nitrogen and oxygen atoms in total. The minimum Gasteiger partial charge on any atom is -0.356 e. The van der Waals surface area contributed by atoms with Gasteiger partial charge >= 0.3 is 0 Å². The first-order chi connectivity index (χ1) is 12.1. The van der Waals surface area contributed by atoms with Crippen molar-refractivity contribution in [2.24, 2.45) is 4.99 Å². The van der Waals surface area contributed by atoms with Crippen LogP contribution >= 0.6 is 35.3 Å². The summed E-state index contributed by atoms with van der Waals surface area (Å²) in [7, 11) is 3.89. The first kappa shape index (κ1) is 22.6. The van der Waals surface area contributed by atoms with E-state index in [1.807, 2.05) is 13.1 Å². The number of guanidine groups is 1. The number of benzene rings is 1. The first-order valence-corrected chi connectivity index (χ1v) is 9.56. The number of hydrogen-bond acceptors (Lipinski definition) is 3. The molecular formula is C20H29IN4S. The molecule has 0 bridgehead atoms. The summed E-state index contributed by atoms with van der Waals surface area (Å²) in [6, 6.07) is 8.53. The summed E-state index contributed by atoms with van der Waals surface area (Å²) in [4.78, 5) is 11.3. The molecular weight excluding hydrogens is 455 g/mol. The number of nitrogens with one attached hydrogen (secondary N) is 1. The lowest BCUT2D eigenvalue weighted by atomic mass is 10.2. The van der Waals surface area contributed by atoms with E-state index in [0.717, 1.165) is 49.0 Å². The topological polar surface area (TPSA) is 40.5 Å². The van der Waals surface area contributed by atoms with Crippen molar-refractivity contribution in [3.05, 3.63) is 53.6 Å². The van der Waals surface area contributed by atoms with Gasteiger partial charge in [0.25, 0.3) is 0 Å². The fraction of sp³-hybridized carbons (Fsp3) is 0.400. The van der Waals surface area contributed by atoms with E-state index >= 15 is 0 Å². The molecule has 6 heteroatoms. The molecule has 1 heterocycles. The molecule has 2 aromatic rings. The Balaban J connectivity index is 0.00000338. The van der Waals surface area contributed by atoms with Crippen LogP contribution in [-0.2, 0) is 6.42 Å². The minimum atomic E-state index is 0. The predicted octanol–water partition coefficient (Wildman–Crippen LogP) is 4.75. The van der Waals surface area contributed by atoms with Gasteiger partial charge in [-0.05, 0) is 19.8 Å². The number of halogens is 1. The number of unbranched alkanes of at least 4 members (excludes halogenated alkanes) is 1. The highest BCUT2D eigenvalue weighted by Crippen LogP contribution is 2.24. The summed E-state index contributed by atoms with van der Waals surface area (Å²) in [6.45, 7) is 7.67. The number of hydrogen-bond donors (Lipinski definition) is 1. The van der Waals surface area contributed by atoms with Crippen LogP contribution in [-0.4, -0.2) is 43.0 Å². The van der Waals surface area contributed by atoms with Gasteiger partial charge in [0, 0.05) is 44.5 Å². The lowest BCUT2D eigenvalue weighted by molar-refractivity contribution is 0.470. The molecule has 0 spiro atoms. The zero-order valence-corrected chi connectivity index (χ0v) is 19.0. The Kier molecular flexibility index (Phi) is 10.5. The van der Waals surface area contributed by atoms with E-state index in [9.17, 15) is 0 Å². The molecule has 0 radical (unpaired) electrons. The van der Waals surface area contributed by atoms with Crippen LogP contribution in [0.5, 0.6) is 0 Å². The largest absolute Gasteiger partial charge is 0.356 e. The first-order valence-electron chi connectivity index (χ1n) is 8.68. The van der Waals surface area contributed by atoms with Gasteiger partial charge in [0.15, 0.2) is 5.96 Å². The van der Waals surface area contributed by atoms with E-state index in [0.29, 0.717) is 0 Å². The number of aryl methyl sites for hydroxylation is 1. The molecule has 1 aromatic heterocycles. The molecule has 0 fully saturated rings. The molecule has 1 N–H and O–H groups in total. The van der Waals surface area contributed by atoms with Crippen molar-refractivity contribution in [1.29, 1.82) is 0 Å². The van der Waals surface area contributed by atoms with Gasteiger partial charge in [-0.1, -0.05) is 35.9 Å². The standard InChI is InChI=1S/C20H28N4S.HI/c1-5-6-7-14-24(4)20(21-3)22-13-12-18-15-25-19(23-18)17-10-8-16(2)9-11-17;/h5,8-11,15H,1,6-7,12-14H2,2-4H3,(H,21,22);1H. The van der Waals surface area contributed by atoms with Crippen molar-refractivity contribution in [2.75, 3.05) is 27.2 Å². The van der Waals surface area contributed by atoms with E-state index in [1.165, 1.54) is 11.1 Å². The smallest absolute Gasteiger partial charge is 0.193 e. The van der Waals surface area contributed by atoms with Gasteiger partial charge in [0.05, 0.1) is 5.69 Å². The van der Waals surface area contributed by atoms with Gasteiger partial charge in [-0.15, -0.1) is 41.9 Å². The number of thiazole rings is 1. The van der Waals surface area contributed by atoms with Gasteiger partial charge in [-0.25, -0.2) is 4.98 Å². The normalized spacial score (nSPS) is 11.0. The van der Waals surface area contributed by atoms with Crippen LogP contribution in [0.1, 0.15) is 24.1 Å². The monoisotopic (exact) mass is 484 g/mol. The van der Waals surface area contributed by atoms with Crippen molar-refractivity contribution in [2.45, 2.75) is 26.2 Å². The quantitative estimate of drug-likeness (QED) is 0.193. The summed E-state index contributed by atoms with van der Waals surface area (Å²) in [5.74, 6) is 0.929. The fourth-order valence-corrected chi connectivity index (χ4v) is 3.38. The molecule has 2 rings (SSSR count). The Morgan fingerprint density at radius 2 is 2.08 bits per heavy atom. The third-order valence-corrected chi connectivity index (χ3v) is 4.93. The van der Waals surface area contributed by atoms with E-state index in [-0.39, 0.29) is 24.0 Å². The van der Waals surface area contributed by atoms with Crippen molar-refractivity contribution >= 4 is 41.3 Å². The Labute approximate surface area is 178 Å². The van der Waals surface area contributed by atoms with E-state index in [4.69, 9.17) is 4.98 Å². The van der Waals surface area contributed by atoms with Crippen LogP contribution in [0.3, 0.4) is 0 Å². The highest BCUT2D eigenvalue weighted by atomic mass is 127. The summed E-state index contributed by atoms with van der Waals surface area (Å²) in [5.41, 5.74) is 3.58. The molecule has 142 valence electrons. The second-order valence-electron chi connectivity index (χ2n) is 6.09. The molecule has 0 aliphatic carbocycles. The number of nitrogens with zero attached hydrogens (tertiary/aromatic N) is 3. The number of aromatic nitrogens is 1. The third-order valence-electron chi connectivity index (χ3n) is 3.99. The molecule has 0 saturated heterocycles. The third kappa shape index (κ3) is 7.07. The Hall–Kier alpha value is -1.41. The minimum absolute atomic E-state index is 0. The van der Waals surface area contributed by atoms with Crippen molar-refractivity contribution < 1.29 is 0 Å². The highest BCUT2D eigenvalue weighted by Gasteiger charge is 2.07. The maximum atomic E-state index is 4.75. The summed E-state index contributed by atoms with van der Waals surface area (Å²) in [5, 5.41) is 6.65. The fourth-order valence-electron chi connectivity index (χ4n) is 2.52. The van der Waals surface area contributed by atoms with Crippen LogP contribution in [0.25, 0.3) is 10.6 Å². The van der Waals surface area contributed by atoms with E-state index < -0.39 is 0 Å². The zero-order chi connectivity index (χ0) is 18.1. The maximum Gasteiger partial charge on any atom is 0.193 e. The van der Waals surface area contributed by atoms with Crippen molar-refractivity contribution in [1.82, 2.24) is 15.2 Å². The zero-order valence-electron chi connectivity index (χ0n) is 15.9. The van der Waals surface area contributed by atoms with E-state index in [1.54, 1.807) is 11.3 Å². The average molecular weight is 484 g/mol. The van der Waals surface area contributed by atoms with Crippen LogP contribution in [0.4, 0.5) is 0 Å². The summed E-state index contributed by atoms with van der Waals surface area (Å²) >= 11 is 1.70. The second kappa shape index (κ2) is 12.1. The Morgan fingerprint density at radius 3 is 2.73 bits per heavy atom. The van der Waals surface area contributed by atoms with Gasteiger partial charge in [-0.2, -0.15) is 0 Å². The molecule has 1 aromatic carbocycles. The van der Waals surface area contributed by atoms with Gasteiger partial charge < -0.3 is 10.2 Å². The van der Waals surface area contributed by atoms with Gasteiger partial charge in [0.1, 0.15) is 5.01 Å². The summed E-state index contributed by atoms with van der Waals surface area (Å²) < 4.78 is 0. The van der Waals surface area contributed by atoms with Gasteiger partial charge in [-0.3, -0.25) is 4.99 Å². The number of rotatable bonds is 8. The van der Waals surface area contributed by atoms with Crippen LogP contribution in [0, 0.1) is 6.92 Å². The van der Waals surface area contributed by atoms with Gasteiger partial charge in [0.2, 0.25) is 0 Å². The SMILES string of the molecule is C=CCCCN(C)C(=NC)NCCc1csc(-c2ccc(C)cc2)n1.I. The second-order valence-corrected chi connectivity index (χ2v) is 6.94. The Bertz CT molecular complexity index is 694. The molecule has 0 aliphatic rings. The maximum absolute atomic E-state index is 4.75. The molecule has 0 saturated carbocycles. The van der Waals surface area contributed by atoms with Crippen LogP contribution in [0.15, 0.2) is 47.3 Å². The van der Waals surface area contributed by atoms with E-state index in [2.05, 4.69) is 65.4 Å². The molecule has 26 heavy (non-hydrogen) atoms. The molecule has 0 amide bonds. The molecule has 0 unspecified atom stereocenters. The lowest BCUT2D eigenvalue weighted by Gasteiger charge is -2.21. The Morgan fingerprint density at radius 1 is 1.35 bits per heavy atom. The number of allylic oxidation sites excluding steroid dienone is 1. The predicted molar refractivity (Wildman–Crippen MR) is 125 cm³/mol. The van der Waals surface area contributed by atoms with Crippen LogP contribution < -0.4 is 5.32 Å². The number of aliphatic imine (C=N–C) groups is 1. The highest BCUT2D eigenvalue weighted by molar-refractivity contribution is 14.0. The lowest BCUT2D eigenvalue weighted by Crippen LogP contribution is -2.40. The van der Waals surface area contributed by atoms with Crippen molar-refractivity contribution in [3.8, 4) is 10.6 Å². The van der Waals surface area contributed by atoms with Crippen LogP contribution in [0.2, 0.25) is 0 Å². The molecule has 0 atom stereocenters. The summed E-state index contributed by atoms with van der Waals surface area (Å²) in [6.07, 6.45) is 4.97. The molecule has 0 aliphatic heterocycles. The van der Waals surface area contributed by atoms with Crippen molar-refractivity contribution in [3.63, 3.8) is 0 Å².